The van der Waals surface area contributed by atoms with E-state index >= 15 is 0 Å². The Morgan fingerprint density at radius 3 is 2.23 bits per heavy atom. The first-order chi connectivity index (χ1) is 16.8. The van der Waals surface area contributed by atoms with E-state index in [1.807, 2.05) is 31.2 Å². The highest BCUT2D eigenvalue weighted by Crippen LogP contribution is 2.28. The molecule has 1 aromatic heterocycles. The lowest BCUT2D eigenvalue weighted by molar-refractivity contribution is -0.113. The van der Waals surface area contributed by atoms with E-state index in [9.17, 15) is 4.79 Å². The summed E-state index contributed by atoms with van der Waals surface area (Å²) in [6.07, 6.45) is 1.90. The molecule has 2 fully saturated rings. The molecule has 0 atom stereocenters. The zero-order valence-corrected chi connectivity index (χ0v) is 21.4. The molecular formula is C28H30N4O2S. The number of thiocarbonyl (C=S) groups is 1. The Morgan fingerprint density at radius 1 is 0.886 bits per heavy atom. The van der Waals surface area contributed by atoms with Crippen LogP contribution in [0.2, 0.25) is 0 Å². The smallest absolute Gasteiger partial charge is 0.281 e. The third-order valence-corrected chi connectivity index (χ3v) is 7.17. The molecule has 2 aliphatic rings. The van der Waals surface area contributed by atoms with Crippen molar-refractivity contribution in [2.24, 2.45) is 0 Å². The average molecular weight is 487 g/mol. The fourth-order valence-electron chi connectivity index (χ4n) is 4.75. The van der Waals surface area contributed by atoms with E-state index in [0.29, 0.717) is 10.8 Å². The summed E-state index contributed by atoms with van der Waals surface area (Å²) in [5.74, 6) is -0.141. The molecule has 3 heterocycles. The fourth-order valence-corrected chi connectivity index (χ4v) is 5.05. The molecule has 35 heavy (non-hydrogen) atoms. The molecule has 0 bridgehead atoms. The number of amides is 1. The summed E-state index contributed by atoms with van der Waals surface area (Å²) >= 11 is 5.51. The van der Waals surface area contributed by atoms with Crippen molar-refractivity contribution in [3.63, 3.8) is 0 Å². The van der Waals surface area contributed by atoms with Crippen molar-refractivity contribution in [2.45, 2.75) is 27.7 Å². The molecular weight excluding hydrogens is 456 g/mol. The summed E-state index contributed by atoms with van der Waals surface area (Å²) in [6, 6.07) is 16.7. The second-order valence-electron chi connectivity index (χ2n) is 9.17. The number of rotatable bonds is 4. The Kier molecular flexibility index (Phi) is 6.21. The number of nitrogens with one attached hydrogen (secondary N) is 1. The molecule has 2 aliphatic heterocycles. The number of carbonyl (C=O) groups is 1. The summed E-state index contributed by atoms with van der Waals surface area (Å²) in [6.45, 7) is 11.6. The van der Waals surface area contributed by atoms with Crippen molar-refractivity contribution in [3.05, 3.63) is 82.3 Å². The molecule has 0 unspecified atom stereocenters. The van der Waals surface area contributed by atoms with Gasteiger partial charge in [-0.2, -0.15) is 0 Å². The van der Waals surface area contributed by atoms with Gasteiger partial charge in [-0.25, -0.2) is 0 Å². The standard InChI is InChI=1S/C28H30N4O2S/c1-18-5-6-25(15-19(18)2)32-27(33)26(29-28(32)35)17-22-16-20(3)31(21(22)4)24-9-7-23(8-10-24)30-11-13-34-14-12-30/h5-10,15-17H,11-14H2,1-4H3,(H,29,35)/b26-17-. The molecule has 2 aromatic carbocycles. The molecule has 1 N–H and O–H groups in total. The van der Waals surface area contributed by atoms with E-state index in [1.165, 1.54) is 11.3 Å². The summed E-state index contributed by atoms with van der Waals surface area (Å²) in [7, 11) is 0. The SMILES string of the molecule is Cc1ccc(N2C(=O)/C(=C/c3cc(C)n(-c4ccc(N5CCOCC5)cc4)c3C)NC2=S)cc1C. The molecule has 6 nitrogen and oxygen atoms in total. The normalized spacial score (nSPS) is 17.4. The first kappa shape index (κ1) is 23.3. The summed E-state index contributed by atoms with van der Waals surface area (Å²) < 4.78 is 7.68. The minimum Gasteiger partial charge on any atom is -0.378 e. The van der Waals surface area contributed by atoms with Gasteiger partial charge in [0, 0.05) is 35.9 Å². The van der Waals surface area contributed by atoms with Crippen LogP contribution in [0, 0.1) is 27.7 Å². The van der Waals surface area contributed by atoms with Crippen molar-refractivity contribution < 1.29 is 9.53 Å². The number of hydrogen-bond acceptors (Lipinski definition) is 4. The molecule has 1 amide bonds. The Labute approximate surface area is 211 Å². The second-order valence-corrected chi connectivity index (χ2v) is 9.56. The molecule has 7 heteroatoms. The highest BCUT2D eigenvalue weighted by molar-refractivity contribution is 7.80. The molecule has 0 radical (unpaired) electrons. The predicted octanol–water partition coefficient (Wildman–Crippen LogP) is 4.81. The van der Waals surface area contributed by atoms with Gasteiger partial charge in [0.2, 0.25) is 0 Å². The maximum atomic E-state index is 13.3. The topological polar surface area (TPSA) is 49.7 Å². The Bertz CT molecular complexity index is 1330. The third kappa shape index (κ3) is 4.37. The minimum atomic E-state index is -0.141. The Balaban J connectivity index is 1.42. The van der Waals surface area contributed by atoms with Crippen LogP contribution >= 0.6 is 12.2 Å². The number of morpholine rings is 1. The number of aryl methyl sites for hydroxylation is 3. The number of carbonyl (C=O) groups excluding carboxylic acids is 1. The molecule has 0 spiro atoms. The molecule has 3 aromatic rings. The lowest BCUT2D eigenvalue weighted by Crippen LogP contribution is -2.36. The molecule has 180 valence electrons. The van der Waals surface area contributed by atoms with Gasteiger partial charge in [-0.15, -0.1) is 0 Å². The van der Waals surface area contributed by atoms with Gasteiger partial charge in [-0.1, -0.05) is 6.07 Å². The third-order valence-electron chi connectivity index (χ3n) is 6.88. The quantitative estimate of drug-likeness (QED) is 0.424. The van der Waals surface area contributed by atoms with E-state index in [-0.39, 0.29) is 5.91 Å². The molecule has 5 rings (SSSR count). The first-order valence-electron chi connectivity index (χ1n) is 11.9. The van der Waals surface area contributed by atoms with Gasteiger partial charge in [-0.3, -0.25) is 9.69 Å². The van der Waals surface area contributed by atoms with Crippen LogP contribution in [0.15, 0.2) is 54.2 Å². The summed E-state index contributed by atoms with van der Waals surface area (Å²) in [5, 5.41) is 3.52. The van der Waals surface area contributed by atoms with E-state index < -0.39 is 0 Å². The molecule has 2 saturated heterocycles. The number of aromatic nitrogens is 1. The lowest BCUT2D eigenvalue weighted by atomic mass is 10.1. The Hall–Kier alpha value is -3.42. The highest BCUT2D eigenvalue weighted by Gasteiger charge is 2.32. The van der Waals surface area contributed by atoms with Crippen LogP contribution in [0.3, 0.4) is 0 Å². The van der Waals surface area contributed by atoms with Gasteiger partial charge in [0.25, 0.3) is 5.91 Å². The number of benzene rings is 2. The monoisotopic (exact) mass is 486 g/mol. The van der Waals surface area contributed by atoms with Gasteiger partial charge in [0.1, 0.15) is 5.70 Å². The highest BCUT2D eigenvalue weighted by atomic mass is 32.1. The summed E-state index contributed by atoms with van der Waals surface area (Å²) in [5.41, 5.74) is 9.04. The van der Waals surface area contributed by atoms with Crippen molar-refractivity contribution >= 4 is 40.7 Å². The summed E-state index contributed by atoms with van der Waals surface area (Å²) in [4.78, 5) is 17.2. The van der Waals surface area contributed by atoms with E-state index in [2.05, 4.69) is 65.9 Å². The fraction of sp³-hybridized carbons (Fsp3) is 0.286. The number of hydrogen-bond donors (Lipinski definition) is 1. The van der Waals surface area contributed by atoms with E-state index in [4.69, 9.17) is 17.0 Å². The van der Waals surface area contributed by atoms with Gasteiger partial charge < -0.3 is 19.5 Å². The van der Waals surface area contributed by atoms with Crippen LogP contribution < -0.4 is 15.1 Å². The van der Waals surface area contributed by atoms with E-state index in [0.717, 1.165) is 60.2 Å². The minimum absolute atomic E-state index is 0.141. The van der Waals surface area contributed by atoms with Crippen LogP contribution in [-0.2, 0) is 9.53 Å². The largest absolute Gasteiger partial charge is 0.378 e. The van der Waals surface area contributed by atoms with Crippen LogP contribution in [0.1, 0.15) is 28.1 Å². The van der Waals surface area contributed by atoms with Crippen molar-refractivity contribution in [3.8, 4) is 5.69 Å². The van der Waals surface area contributed by atoms with E-state index in [1.54, 1.807) is 4.90 Å². The Morgan fingerprint density at radius 2 is 1.54 bits per heavy atom. The van der Waals surface area contributed by atoms with Gasteiger partial charge >= 0.3 is 0 Å². The van der Waals surface area contributed by atoms with Crippen molar-refractivity contribution in [1.82, 2.24) is 9.88 Å². The predicted molar refractivity (Wildman–Crippen MR) is 145 cm³/mol. The maximum absolute atomic E-state index is 13.3. The van der Waals surface area contributed by atoms with Crippen LogP contribution in [0.4, 0.5) is 11.4 Å². The van der Waals surface area contributed by atoms with Crippen LogP contribution in [-0.4, -0.2) is 41.9 Å². The van der Waals surface area contributed by atoms with Crippen LogP contribution in [0.5, 0.6) is 0 Å². The number of anilines is 2. The second kappa shape index (κ2) is 9.32. The molecule has 0 aliphatic carbocycles. The van der Waals surface area contributed by atoms with Gasteiger partial charge in [0.05, 0.1) is 18.9 Å². The van der Waals surface area contributed by atoms with Crippen molar-refractivity contribution in [1.29, 1.82) is 0 Å². The lowest BCUT2D eigenvalue weighted by Gasteiger charge is -2.29. The maximum Gasteiger partial charge on any atom is 0.281 e. The van der Waals surface area contributed by atoms with Crippen LogP contribution in [0.25, 0.3) is 11.8 Å². The first-order valence-corrected chi connectivity index (χ1v) is 12.3. The van der Waals surface area contributed by atoms with Crippen molar-refractivity contribution in [2.75, 3.05) is 36.1 Å². The number of nitrogens with zero attached hydrogens (tertiary/aromatic N) is 3. The average Bonchev–Trinajstić information content (AvgIpc) is 3.30. The van der Waals surface area contributed by atoms with Gasteiger partial charge in [-0.05, 0) is 105 Å². The molecule has 0 saturated carbocycles. The zero-order chi connectivity index (χ0) is 24.7. The number of ether oxygens (including phenoxy) is 1. The van der Waals surface area contributed by atoms with Gasteiger partial charge in [0.15, 0.2) is 5.11 Å². The zero-order valence-electron chi connectivity index (χ0n) is 20.6.